The van der Waals surface area contributed by atoms with E-state index < -0.39 is 5.97 Å². The Morgan fingerprint density at radius 2 is 2.08 bits per heavy atom. The Kier molecular flexibility index (Phi) is 3.74. The highest BCUT2D eigenvalue weighted by Crippen LogP contribution is 2.27. The Hall–Kier alpha value is -0.550. The molecule has 0 fully saturated rings. The summed E-state index contributed by atoms with van der Waals surface area (Å²) in [5.41, 5.74) is 0. The fourth-order valence-corrected chi connectivity index (χ4v) is 1.32. The van der Waals surface area contributed by atoms with Crippen LogP contribution in [-0.4, -0.2) is 17.7 Å². The molecule has 1 aromatic carbocycles. The Balaban J connectivity index is 2.68. The molecule has 0 radical (unpaired) electrons. The van der Waals surface area contributed by atoms with Gasteiger partial charge in [0, 0.05) is 8.95 Å². The van der Waals surface area contributed by atoms with E-state index in [1.807, 2.05) is 0 Å². The molecule has 0 heterocycles. The predicted octanol–water partition coefficient (Wildman–Crippen LogP) is 2.68. The van der Waals surface area contributed by atoms with Gasteiger partial charge in [0.2, 0.25) is 0 Å². The molecule has 0 bridgehead atoms. The van der Waals surface area contributed by atoms with Crippen molar-refractivity contribution in [3.63, 3.8) is 0 Å². The first-order valence-corrected chi connectivity index (χ1v) is 4.98. The summed E-state index contributed by atoms with van der Waals surface area (Å²) >= 11 is 6.57. The molecule has 0 amide bonds. The molecule has 70 valence electrons. The molecule has 0 saturated heterocycles. The van der Waals surface area contributed by atoms with Crippen molar-refractivity contribution in [3.8, 4) is 5.75 Å². The summed E-state index contributed by atoms with van der Waals surface area (Å²) in [6, 6.07) is 5.17. The van der Waals surface area contributed by atoms with Crippen LogP contribution in [0.4, 0.5) is 0 Å². The quantitative estimate of drug-likeness (QED) is 0.934. The highest BCUT2D eigenvalue weighted by atomic mass is 79.9. The lowest BCUT2D eigenvalue weighted by molar-refractivity contribution is -0.139. The molecule has 3 nitrogen and oxygen atoms in total. The van der Waals surface area contributed by atoms with E-state index in [-0.39, 0.29) is 6.61 Å². The maximum Gasteiger partial charge on any atom is 0.341 e. The topological polar surface area (TPSA) is 46.5 Å². The summed E-state index contributed by atoms with van der Waals surface area (Å²) in [7, 11) is 0. The minimum absolute atomic E-state index is 0.325. The van der Waals surface area contributed by atoms with Crippen molar-refractivity contribution in [1.82, 2.24) is 0 Å². The zero-order valence-corrected chi connectivity index (χ0v) is 9.63. The fourth-order valence-electron chi connectivity index (χ4n) is 0.712. The normalized spacial score (nSPS) is 9.69. The average Bonchev–Trinajstić information content (AvgIpc) is 2.07. The van der Waals surface area contributed by atoms with E-state index in [4.69, 9.17) is 9.84 Å². The van der Waals surface area contributed by atoms with Crippen LogP contribution in [0, 0.1) is 0 Å². The second-order valence-corrected chi connectivity index (χ2v) is 3.97. The van der Waals surface area contributed by atoms with Gasteiger partial charge in [-0.05, 0) is 50.1 Å². The highest BCUT2D eigenvalue weighted by Gasteiger charge is 2.01. The summed E-state index contributed by atoms with van der Waals surface area (Å²) in [6.07, 6.45) is 0. The number of aliphatic carboxylic acids is 1. The largest absolute Gasteiger partial charge is 0.482 e. The summed E-state index contributed by atoms with van der Waals surface area (Å²) in [5, 5.41) is 8.35. The van der Waals surface area contributed by atoms with Gasteiger partial charge in [-0.3, -0.25) is 0 Å². The zero-order chi connectivity index (χ0) is 9.84. The van der Waals surface area contributed by atoms with Crippen LogP contribution in [0.15, 0.2) is 27.1 Å². The maximum absolute atomic E-state index is 10.2. The maximum atomic E-state index is 10.2. The third-order valence-corrected chi connectivity index (χ3v) is 3.13. The standard InChI is InChI=1S/C8H6Br2O3/c9-6-2-1-5(3-7(6)10)13-4-8(11)12/h1-3H,4H2,(H,11,12). The number of carboxylic acids is 1. The number of carboxylic acid groups (broad SMARTS) is 1. The number of rotatable bonds is 3. The van der Waals surface area contributed by atoms with Crippen molar-refractivity contribution in [3.05, 3.63) is 27.1 Å². The van der Waals surface area contributed by atoms with Crippen LogP contribution in [0.25, 0.3) is 0 Å². The second-order valence-electron chi connectivity index (χ2n) is 2.26. The Labute approximate surface area is 92.0 Å². The van der Waals surface area contributed by atoms with Gasteiger partial charge in [0.1, 0.15) is 5.75 Å². The van der Waals surface area contributed by atoms with Crippen LogP contribution in [0.5, 0.6) is 5.75 Å². The van der Waals surface area contributed by atoms with Crippen molar-refractivity contribution in [2.45, 2.75) is 0 Å². The molecule has 5 heteroatoms. The molecule has 0 aliphatic heterocycles. The van der Waals surface area contributed by atoms with Crippen LogP contribution in [-0.2, 0) is 4.79 Å². The van der Waals surface area contributed by atoms with Gasteiger partial charge in [-0.2, -0.15) is 0 Å². The van der Waals surface area contributed by atoms with Crippen molar-refractivity contribution in [1.29, 1.82) is 0 Å². The van der Waals surface area contributed by atoms with E-state index in [0.29, 0.717) is 5.75 Å². The zero-order valence-electron chi connectivity index (χ0n) is 6.46. The van der Waals surface area contributed by atoms with E-state index in [0.717, 1.165) is 8.95 Å². The van der Waals surface area contributed by atoms with E-state index >= 15 is 0 Å². The molecule has 13 heavy (non-hydrogen) atoms. The molecule has 1 N–H and O–H groups in total. The number of benzene rings is 1. The van der Waals surface area contributed by atoms with Gasteiger partial charge in [0.25, 0.3) is 0 Å². The van der Waals surface area contributed by atoms with Crippen LogP contribution in [0.2, 0.25) is 0 Å². The third-order valence-electron chi connectivity index (χ3n) is 1.25. The minimum Gasteiger partial charge on any atom is -0.482 e. The molecule has 0 spiro atoms. The highest BCUT2D eigenvalue weighted by molar-refractivity contribution is 9.13. The van der Waals surface area contributed by atoms with E-state index in [9.17, 15) is 4.79 Å². The third kappa shape index (κ3) is 3.36. The smallest absolute Gasteiger partial charge is 0.341 e. The average molecular weight is 310 g/mol. The van der Waals surface area contributed by atoms with Crippen molar-refractivity contribution < 1.29 is 14.6 Å². The van der Waals surface area contributed by atoms with Gasteiger partial charge < -0.3 is 9.84 Å². The molecular weight excluding hydrogens is 304 g/mol. The summed E-state index contributed by atoms with van der Waals surface area (Å²) in [4.78, 5) is 10.2. The second kappa shape index (κ2) is 4.62. The monoisotopic (exact) mass is 308 g/mol. The molecule has 1 rings (SSSR count). The lowest BCUT2D eigenvalue weighted by atomic mass is 10.3. The molecule has 0 saturated carbocycles. The van der Waals surface area contributed by atoms with Crippen molar-refractivity contribution in [2.24, 2.45) is 0 Å². The van der Waals surface area contributed by atoms with Crippen LogP contribution >= 0.6 is 31.9 Å². The molecule has 0 unspecified atom stereocenters. The van der Waals surface area contributed by atoms with Crippen LogP contribution in [0.3, 0.4) is 0 Å². The van der Waals surface area contributed by atoms with Gasteiger partial charge >= 0.3 is 5.97 Å². The number of hydrogen-bond acceptors (Lipinski definition) is 2. The Morgan fingerprint density at radius 3 is 2.62 bits per heavy atom. The lowest BCUT2D eigenvalue weighted by Crippen LogP contribution is -2.09. The lowest BCUT2D eigenvalue weighted by Gasteiger charge is -2.03. The van der Waals surface area contributed by atoms with Gasteiger partial charge in [-0.15, -0.1) is 0 Å². The van der Waals surface area contributed by atoms with Gasteiger partial charge in [0.15, 0.2) is 6.61 Å². The first-order valence-electron chi connectivity index (χ1n) is 3.39. The Bertz CT molecular complexity index is 325. The van der Waals surface area contributed by atoms with Crippen LogP contribution in [0.1, 0.15) is 0 Å². The fraction of sp³-hybridized carbons (Fsp3) is 0.125. The van der Waals surface area contributed by atoms with Gasteiger partial charge in [-0.1, -0.05) is 0 Å². The first-order chi connectivity index (χ1) is 6.09. The van der Waals surface area contributed by atoms with E-state index in [1.54, 1.807) is 18.2 Å². The number of halogens is 2. The van der Waals surface area contributed by atoms with E-state index in [2.05, 4.69) is 31.9 Å². The first kappa shape index (κ1) is 10.5. The summed E-state index contributed by atoms with van der Waals surface area (Å²) < 4.78 is 6.68. The summed E-state index contributed by atoms with van der Waals surface area (Å²) in [6.45, 7) is -0.325. The molecule has 0 aromatic heterocycles. The minimum atomic E-state index is -0.987. The van der Waals surface area contributed by atoms with Crippen molar-refractivity contribution >= 4 is 37.8 Å². The number of ether oxygens (including phenoxy) is 1. The molecular formula is C8H6Br2O3. The Morgan fingerprint density at radius 1 is 1.38 bits per heavy atom. The van der Waals surface area contributed by atoms with Crippen molar-refractivity contribution in [2.75, 3.05) is 6.61 Å². The molecule has 0 aliphatic carbocycles. The molecule has 0 atom stereocenters. The van der Waals surface area contributed by atoms with Crippen LogP contribution < -0.4 is 4.74 Å². The predicted molar refractivity (Wildman–Crippen MR) is 55.0 cm³/mol. The van der Waals surface area contributed by atoms with Gasteiger partial charge in [-0.25, -0.2) is 4.79 Å². The van der Waals surface area contributed by atoms with Gasteiger partial charge in [0.05, 0.1) is 0 Å². The molecule has 0 aliphatic rings. The number of hydrogen-bond donors (Lipinski definition) is 1. The SMILES string of the molecule is O=C(O)COc1ccc(Br)c(Br)c1. The molecule has 1 aromatic rings. The van der Waals surface area contributed by atoms with E-state index in [1.165, 1.54) is 0 Å². The number of carbonyl (C=O) groups is 1. The summed E-state index contributed by atoms with van der Waals surface area (Å²) in [5.74, 6) is -0.462.